The van der Waals surface area contributed by atoms with E-state index >= 15 is 0 Å². The minimum Gasteiger partial charge on any atom is -0.493 e. The SMILES string of the molecule is COc1cccc2c1OCC(C(=O)N1CCn3c(nnc3C3CCNCC3)C1)C2. The highest BCUT2D eigenvalue weighted by atomic mass is 16.5. The molecule has 1 saturated heterocycles. The fraction of sp³-hybridized carbons (Fsp3) is 0.571. The van der Waals surface area contributed by atoms with E-state index in [4.69, 9.17) is 9.47 Å². The molecule has 1 amide bonds. The number of para-hydroxylation sites is 1. The molecule has 0 bridgehead atoms. The molecule has 0 radical (unpaired) electrons. The first-order valence-corrected chi connectivity index (χ1v) is 10.4. The van der Waals surface area contributed by atoms with E-state index < -0.39 is 0 Å². The van der Waals surface area contributed by atoms with E-state index in [0.29, 0.717) is 32.0 Å². The fourth-order valence-corrected chi connectivity index (χ4v) is 4.72. The first kappa shape index (κ1) is 18.4. The van der Waals surface area contributed by atoms with Gasteiger partial charge >= 0.3 is 0 Å². The third-order valence-electron chi connectivity index (χ3n) is 6.32. The van der Waals surface area contributed by atoms with Crippen molar-refractivity contribution >= 4 is 5.91 Å². The molecular formula is C21H27N5O3. The second-order valence-electron chi connectivity index (χ2n) is 8.07. The van der Waals surface area contributed by atoms with Gasteiger partial charge in [-0.05, 0) is 44.0 Å². The second-order valence-corrected chi connectivity index (χ2v) is 8.07. The van der Waals surface area contributed by atoms with E-state index in [-0.39, 0.29) is 11.8 Å². The molecule has 5 rings (SSSR count). The Hall–Kier alpha value is -2.61. The lowest BCUT2D eigenvalue weighted by atomic mass is 9.95. The molecule has 1 N–H and O–H groups in total. The van der Waals surface area contributed by atoms with Gasteiger partial charge in [0.1, 0.15) is 12.4 Å². The summed E-state index contributed by atoms with van der Waals surface area (Å²) in [6, 6.07) is 5.84. The number of methoxy groups -OCH3 is 1. The summed E-state index contributed by atoms with van der Waals surface area (Å²) in [6.07, 6.45) is 2.88. The van der Waals surface area contributed by atoms with Crippen molar-refractivity contribution in [2.24, 2.45) is 5.92 Å². The quantitative estimate of drug-likeness (QED) is 0.842. The van der Waals surface area contributed by atoms with Crippen LogP contribution in [0.4, 0.5) is 0 Å². The van der Waals surface area contributed by atoms with Crippen LogP contribution in [0, 0.1) is 5.92 Å². The van der Waals surface area contributed by atoms with Crippen LogP contribution in [-0.4, -0.2) is 58.9 Å². The average molecular weight is 397 g/mol. The number of hydrogen-bond donors (Lipinski definition) is 1. The average Bonchev–Trinajstić information content (AvgIpc) is 3.21. The van der Waals surface area contributed by atoms with E-state index in [1.54, 1.807) is 7.11 Å². The second kappa shape index (κ2) is 7.67. The van der Waals surface area contributed by atoms with Crippen LogP contribution in [0.25, 0.3) is 0 Å². The molecule has 8 nitrogen and oxygen atoms in total. The molecule has 0 saturated carbocycles. The number of benzene rings is 1. The van der Waals surface area contributed by atoms with Crippen molar-refractivity contribution in [1.29, 1.82) is 0 Å². The molecule has 4 heterocycles. The standard InChI is InChI=1S/C21H27N5O3/c1-28-17-4-2-3-15-11-16(13-29-19(15)17)21(27)25-9-10-26-18(12-25)23-24-20(26)14-5-7-22-8-6-14/h2-4,14,16,22H,5-13H2,1H3. The van der Waals surface area contributed by atoms with Crippen LogP contribution in [0.5, 0.6) is 11.5 Å². The summed E-state index contributed by atoms with van der Waals surface area (Å²) in [5.74, 6) is 3.92. The fourth-order valence-electron chi connectivity index (χ4n) is 4.72. The highest BCUT2D eigenvalue weighted by Gasteiger charge is 2.34. The third-order valence-corrected chi connectivity index (χ3v) is 6.32. The van der Waals surface area contributed by atoms with Gasteiger partial charge in [-0.2, -0.15) is 0 Å². The summed E-state index contributed by atoms with van der Waals surface area (Å²) < 4.78 is 13.5. The smallest absolute Gasteiger partial charge is 0.229 e. The summed E-state index contributed by atoms with van der Waals surface area (Å²) in [6.45, 7) is 4.44. The molecular weight excluding hydrogens is 370 g/mol. The van der Waals surface area contributed by atoms with Gasteiger partial charge in [0.05, 0.1) is 19.6 Å². The van der Waals surface area contributed by atoms with Gasteiger partial charge in [0.2, 0.25) is 5.91 Å². The number of carbonyl (C=O) groups is 1. The molecule has 0 aliphatic carbocycles. The summed E-state index contributed by atoms with van der Waals surface area (Å²) in [7, 11) is 1.64. The van der Waals surface area contributed by atoms with Crippen LogP contribution >= 0.6 is 0 Å². The maximum atomic E-state index is 13.2. The van der Waals surface area contributed by atoms with Crippen molar-refractivity contribution < 1.29 is 14.3 Å². The van der Waals surface area contributed by atoms with Crippen LogP contribution < -0.4 is 14.8 Å². The number of rotatable bonds is 3. The summed E-state index contributed by atoms with van der Waals surface area (Å²) in [5, 5.41) is 12.3. The number of hydrogen-bond acceptors (Lipinski definition) is 6. The zero-order valence-electron chi connectivity index (χ0n) is 16.8. The molecule has 3 aliphatic rings. The summed E-state index contributed by atoms with van der Waals surface area (Å²) in [4.78, 5) is 15.1. The maximum absolute atomic E-state index is 13.2. The molecule has 154 valence electrons. The number of carbonyl (C=O) groups excluding carboxylic acids is 1. The maximum Gasteiger partial charge on any atom is 0.229 e. The molecule has 2 aromatic rings. The number of nitrogens with one attached hydrogen (secondary N) is 1. The lowest BCUT2D eigenvalue weighted by Gasteiger charge is -2.33. The Bertz CT molecular complexity index is 906. The van der Waals surface area contributed by atoms with Gasteiger partial charge in [-0.3, -0.25) is 4.79 Å². The van der Waals surface area contributed by atoms with Gasteiger partial charge in [-0.25, -0.2) is 0 Å². The van der Waals surface area contributed by atoms with Gasteiger partial charge in [0, 0.05) is 19.0 Å². The van der Waals surface area contributed by atoms with Crippen molar-refractivity contribution in [3.05, 3.63) is 35.4 Å². The Morgan fingerprint density at radius 2 is 2.10 bits per heavy atom. The van der Waals surface area contributed by atoms with E-state index in [1.807, 2.05) is 23.1 Å². The van der Waals surface area contributed by atoms with Crippen molar-refractivity contribution in [1.82, 2.24) is 25.0 Å². The van der Waals surface area contributed by atoms with Gasteiger partial charge in [0.15, 0.2) is 17.3 Å². The Morgan fingerprint density at radius 1 is 1.24 bits per heavy atom. The molecule has 1 atom stereocenters. The molecule has 1 aromatic carbocycles. The van der Waals surface area contributed by atoms with Crippen molar-refractivity contribution in [3.63, 3.8) is 0 Å². The first-order chi connectivity index (χ1) is 14.2. The largest absolute Gasteiger partial charge is 0.493 e. The van der Waals surface area contributed by atoms with Gasteiger partial charge < -0.3 is 24.3 Å². The lowest BCUT2D eigenvalue weighted by Crippen LogP contribution is -2.45. The van der Waals surface area contributed by atoms with Gasteiger partial charge in [-0.1, -0.05) is 12.1 Å². The zero-order valence-corrected chi connectivity index (χ0v) is 16.8. The van der Waals surface area contributed by atoms with Gasteiger partial charge in [0.25, 0.3) is 0 Å². The molecule has 0 spiro atoms. The topological polar surface area (TPSA) is 81.5 Å². The van der Waals surface area contributed by atoms with Gasteiger partial charge in [-0.15, -0.1) is 10.2 Å². The number of amides is 1. The highest BCUT2D eigenvalue weighted by Crippen LogP contribution is 2.36. The number of aromatic nitrogens is 3. The zero-order chi connectivity index (χ0) is 19.8. The molecule has 8 heteroatoms. The first-order valence-electron chi connectivity index (χ1n) is 10.4. The predicted molar refractivity (Wildman–Crippen MR) is 106 cm³/mol. The Morgan fingerprint density at radius 3 is 2.93 bits per heavy atom. The number of fused-ring (bicyclic) bond motifs is 2. The van der Waals surface area contributed by atoms with Crippen LogP contribution in [0.1, 0.15) is 36.0 Å². The number of ether oxygens (including phenoxy) is 2. The monoisotopic (exact) mass is 397 g/mol. The van der Waals surface area contributed by atoms with E-state index in [1.165, 1.54) is 0 Å². The van der Waals surface area contributed by atoms with Crippen molar-refractivity contribution in [3.8, 4) is 11.5 Å². The molecule has 3 aliphatic heterocycles. The van der Waals surface area contributed by atoms with Crippen LogP contribution in [-0.2, 0) is 24.3 Å². The molecule has 1 fully saturated rings. The number of nitrogens with zero attached hydrogens (tertiary/aromatic N) is 4. The Balaban J connectivity index is 1.28. The van der Waals surface area contributed by atoms with Crippen molar-refractivity contribution in [2.75, 3.05) is 33.4 Å². The Kier molecular flexibility index (Phi) is 4.87. The minimum atomic E-state index is -0.173. The van der Waals surface area contributed by atoms with E-state index in [0.717, 1.165) is 61.2 Å². The molecule has 29 heavy (non-hydrogen) atoms. The molecule has 1 unspecified atom stereocenters. The van der Waals surface area contributed by atoms with Crippen LogP contribution in [0.2, 0.25) is 0 Å². The lowest BCUT2D eigenvalue weighted by molar-refractivity contribution is -0.138. The van der Waals surface area contributed by atoms with E-state index in [2.05, 4.69) is 20.1 Å². The third kappa shape index (κ3) is 3.35. The van der Waals surface area contributed by atoms with Crippen LogP contribution in [0.3, 0.4) is 0 Å². The highest BCUT2D eigenvalue weighted by molar-refractivity contribution is 5.80. The van der Waals surface area contributed by atoms with Crippen LogP contribution in [0.15, 0.2) is 18.2 Å². The van der Waals surface area contributed by atoms with E-state index in [9.17, 15) is 4.79 Å². The number of piperidine rings is 1. The predicted octanol–water partition coefficient (Wildman–Crippen LogP) is 1.35. The normalized spacial score (nSPS) is 21.8. The van der Waals surface area contributed by atoms with Crippen molar-refractivity contribution in [2.45, 2.75) is 38.3 Å². The summed E-state index contributed by atoms with van der Waals surface area (Å²) >= 11 is 0. The summed E-state index contributed by atoms with van der Waals surface area (Å²) in [5.41, 5.74) is 1.03. The minimum absolute atomic E-state index is 0.135. The molecule has 1 aromatic heterocycles. The Labute approximate surface area is 170 Å².